The Bertz CT molecular complexity index is 79.9. The molecule has 0 aliphatic carbocycles. The Kier molecular flexibility index (Phi) is 13.4. The normalized spacial score (nSPS) is 10.0. The monoisotopic (exact) mass is 176 g/mol. The summed E-state index contributed by atoms with van der Waals surface area (Å²) in [5, 5.41) is 0. The molecule has 0 aromatic carbocycles. The van der Waals surface area contributed by atoms with Gasteiger partial charge in [0.2, 0.25) is 0 Å². The van der Waals surface area contributed by atoms with Crippen LogP contribution >= 0.6 is 0 Å². The van der Waals surface area contributed by atoms with Crippen LogP contribution in [0.15, 0.2) is 0 Å². The van der Waals surface area contributed by atoms with Crippen LogP contribution in [0.5, 0.6) is 0 Å². The Hall–Kier alpha value is -0.0800. The Labute approximate surface area is 79.1 Å². The van der Waals surface area contributed by atoms with Crippen molar-refractivity contribution >= 4 is 0 Å². The minimum Gasteiger partial charge on any atom is -0.318 e. The van der Waals surface area contributed by atoms with E-state index in [0.717, 1.165) is 6.54 Å². The molecule has 0 spiro atoms. The van der Waals surface area contributed by atoms with Gasteiger partial charge >= 0.3 is 0 Å². The lowest BCUT2D eigenvalue weighted by molar-refractivity contribution is 0.203. The van der Waals surface area contributed by atoms with Crippen LogP contribution in [0.3, 0.4) is 0 Å². The van der Waals surface area contributed by atoms with Crippen molar-refractivity contribution in [3.05, 3.63) is 0 Å². The molecule has 0 aliphatic rings. The lowest BCUT2D eigenvalue weighted by Crippen LogP contribution is -2.38. The van der Waals surface area contributed by atoms with E-state index in [2.05, 4.69) is 32.6 Å². The van der Waals surface area contributed by atoms with Crippen molar-refractivity contribution in [2.75, 3.05) is 13.2 Å². The summed E-state index contributed by atoms with van der Waals surface area (Å²) in [6, 6.07) is 0.576. The molecule has 78 valence electrons. The maximum absolute atomic E-state index is 5.55. The predicted octanol–water partition coefficient (Wildman–Crippen LogP) is 2.54. The lowest BCUT2D eigenvalue weighted by atomic mass is 10.2. The van der Waals surface area contributed by atoms with E-state index in [1.54, 1.807) is 0 Å². The van der Waals surface area contributed by atoms with E-state index >= 15 is 0 Å². The molecule has 0 radical (unpaired) electrons. The summed E-state index contributed by atoms with van der Waals surface area (Å²) < 4.78 is 0. The molecule has 0 bridgehead atoms. The van der Waals surface area contributed by atoms with Gasteiger partial charge in [-0.05, 0) is 19.8 Å². The van der Waals surface area contributed by atoms with Gasteiger partial charge in [0.25, 0.3) is 0 Å². The van der Waals surface area contributed by atoms with Gasteiger partial charge in [-0.3, -0.25) is 4.90 Å². The number of nitrogens with zero attached hydrogens (tertiary/aromatic N) is 1. The highest BCUT2D eigenvalue weighted by molar-refractivity contribution is 4.61. The van der Waals surface area contributed by atoms with Crippen molar-refractivity contribution in [1.82, 2.24) is 4.90 Å². The molecule has 0 fully saturated rings. The number of hydrogen-bond acceptors (Lipinski definition) is 2. The maximum atomic E-state index is 5.55. The zero-order valence-corrected chi connectivity index (χ0v) is 7.59. The topological polar surface area (TPSA) is 29.3 Å². The second-order valence-electron chi connectivity index (χ2n) is 3.44. The molecular formula is C10H28N2. The summed E-state index contributed by atoms with van der Waals surface area (Å²) >= 11 is 0. The van der Waals surface area contributed by atoms with Gasteiger partial charge in [0.15, 0.2) is 0 Å². The molecule has 2 N–H and O–H groups in total. The standard InChI is InChI=1S/C8H20N2.2CH4/c1-7(2)5-10(6-9)8(3)4;;/h7-8H,5-6,9H2,1-4H3;2*1H4. The highest BCUT2D eigenvalue weighted by Gasteiger charge is 2.07. The van der Waals surface area contributed by atoms with E-state index in [4.69, 9.17) is 5.73 Å². The molecule has 0 aliphatic heterocycles. The molecule has 0 atom stereocenters. The van der Waals surface area contributed by atoms with E-state index < -0.39 is 0 Å². The van der Waals surface area contributed by atoms with E-state index in [9.17, 15) is 0 Å². The Balaban J connectivity index is -0.000000405. The number of hydrogen-bond donors (Lipinski definition) is 1. The van der Waals surface area contributed by atoms with Crippen molar-refractivity contribution in [2.24, 2.45) is 11.7 Å². The molecule has 0 saturated heterocycles. The third-order valence-electron chi connectivity index (χ3n) is 1.56. The molecule has 2 heteroatoms. The zero-order chi connectivity index (χ0) is 8.15. The molecule has 0 aromatic rings. The molecule has 0 unspecified atom stereocenters. The van der Waals surface area contributed by atoms with Gasteiger partial charge in [0.1, 0.15) is 0 Å². The first-order valence-corrected chi connectivity index (χ1v) is 4.02. The van der Waals surface area contributed by atoms with Gasteiger partial charge < -0.3 is 5.73 Å². The van der Waals surface area contributed by atoms with Crippen LogP contribution < -0.4 is 5.73 Å². The predicted molar refractivity (Wildman–Crippen MR) is 59.2 cm³/mol. The van der Waals surface area contributed by atoms with Crippen molar-refractivity contribution in [1.29, 1.82) is 0 Å². The van der Waals surface area contributed by atoms with Crippen LogP contribution in [0.1, 0.15) is 42.5 Å². The highest BCUT2D eigenvalue weighted by atomic mass is 15.2. The van der Waals surface area contributed by atoms with Crippen LogP contribution in [-0.2, 0) is 0 Å². The SMILES string of the molecule is C.C.CC(C)CN(CN)C(C)C. The molecule has 0 aromatic heterocycles. The molecule has 0 rings (SSSR count). The minimum absolute atomic E-state index is 0. The Morgan fingerprint density at radius 3 is 1.58 bits per heavy atom. The summed E-state index contributed by atoms with van der Waals surface area (Å²) in [5.74, 6) is 0.714. The van der Waals surface area contributed by atoms with Gasteiger partial charge in [-0.2, -0.15) is 0 Å². The van der Waals surface area contributed by atoms with E-state index in [-0.39, 0.29) is 14.9 Å². The van der Waals surface area contributed by atoms with Gasteiger partial charge in [-0.25, -0.2) is 0 Å². The second-order valence-corrected chi connectivity index (χ2v) is 3.44. The first kappa shape index (κ1) is 17.9. The van der Waals surface area contributed by atoms with Crippen LogP contribution in [-0.4, -0.2) is 24.2 Å². The van der Waals surface area contributed by atoms with Crippen LogP contribution in [0.2, 0.25) is 0 Å². The second kappa shape index (κ2) is 9.01. The molecule has 0 saturated carbocycles. The lowest BCUT2D eigenvalue weighted by Gasteiger charge is -2.25. The van der Waals surface area contributed by atoms with Gasteiger partial charge in [-0.1, -0.05) is 28.7 Å². The molecule has 0 heterocycles. The average Bonchev–Trinajstić information content (AvgIpc) is 1.81. The Morgan fingerprint density at radius 1 is 1.08 bits per heavy atom. The van der Waals surface area contributed by atoms with Crippen molar-refractivity contribution < 1.29 is 0 Å². The van der Waals surface area contributed by atoms with Crippen LogP contribution in [0, 0.1) is 5.92 Å². The summed E-state index contributed by atoms with van der Waals surface area (Å²) in [5.41, 5.74) is 5.55. The third-order valence-corrected chi connectivity index (χ3v) is 1.56. The highest BCUT2D eigenvalue weighted by Crippen LogP contribution is 2.00. The molecule has 0 amide bonds. The summed E-state index contributed by atoms with van der Waals surface area (Å²) in [7, 11) is 0. The smallest absolute Gasteiger partial charge is 0.0457 e. The number of rotatable bonds is 4. The summed E-state index contributed by atoms with van der Waals surface area (Å²) in [6.45, 7) is 10.6. The van der Waals surface area contributed by atoms with Gasteiger partial charge in [0.05, 0.1) is 0 Å². The average molecular weight is 176 g/mol. The fourth-order valence-electron chi connectivity index (χ4n) is 0.965. The van der Waals surface area contributed by atoms with E-state index in [0.29, 0.717) is 18.6 Å². The molecule has 12 heavy (non-hydrogen) atoms. The van der Waals surface area contributed by atoms with Crippen LogP contribution in [0.4, 0.5) is 0 Å². The van der Waals surface area contributed by atoms with Gasteiger partial charge in [-0.15, -0.1) is 0 Å². The maximum Gasteiger partial charge on any atom is 0.0457 e. The fourth-order valence-corrected chi connectivity index (χ4v) is 0.965. The number of nitrogens with two attached hydrogens (primary N) is 1. The van der Waals surface area contributed by atoms with E-state index in [1.807, 2.05) is 0 Å². The zero-order valence-electron chi connectivity index (χ0n) is 7.59. The summed E-state index contributed by atoms with van der Waals surface area (Å²) in [4.78, 5) is 2.27. The first-order valence-electron chi connectivity index (χ1n) is 4.02. The van der Waals surface area contributed by atoms with Crippen molar-refractivity contribution in [3.63, 3.8) is 0 Å². The quantitative estimate of drug-likeness (QED) is 0.667. The molecule has 2 nitrogen and oxygen atoms in total. The Morgan fingerprint density at radius 2 is 1.50 bits per heavy atom. The van der Waals surface area contributed by atoms with E-state index in [1.165, 1.54) is 0 Å². The molecular weight excluding hydrogens is 148 g/mol. The summed E-state index contributed by atoms with van der Waals surface area (Å²) in [6.07, 6.45) is 0. The van der Waals surface area contributed by atoms with Crippen molar-refractivity contribution in [3.8, 4) is 0 Å². The van der Waals surface area contributed by atoms with Gasteiger partial charge in [0, 0.05) is 19.3 Å². The minimum atomic E-state index is 0. The first-order chi connectivity index (χ1) is 4.57. The van der Waals surface area contributed by atoms with Crippen molar-refractivity contribution in [2.45, 2.75) is 48.6 Å². The fraction of sp³-hybridized carbons (Fsp3) is 1.00. The van der Waals surface area contributed by atoms with Crippen LogP contribution in [0.25, 0.3) is 0 Å². The largest absolute Gasteiger partial charge is 0.318 e. The third kappa shape index (κ3) is 8.02.